The summed E-state index contributed by atoms with van der Waals surface area (Å²) in [6, 6.07) is 0.752. The number of aromatic amines is 1. The van der Waals surface area contributed by atoms with Gasteiger partial charge in [-0.05, 0) is 32.2 Å². The van der Waals surface area contributed by atoms with Crippen LogP contribution in [0.2, 0.25) is 0 Å². The van der Waals surface area contributed by atoms with E-state index in [9.17, 15) is 0 Å². The van der Waals surface area contributed by atoms with Crippen LogP contribution in [0.15, 0.2) is 17.6 Å². The minimum Gasteiger partial charge on any atom is -0.340 e. The summed E-state index contributed by atoms with van der Waals surface area (Å²) in [5.41, 5.74) is 0. The number of hydrogen-bond acceptors (Lipinski definition) is 3. The average Bonchev–Trinajstić information content (AvgIpc) is 2.88. The molecule has 15 heavy (non-hydrogen) atoms. The molecule has 1 aliphatic rings. The van der Waals surface area contributed by atoms with Crippen LogP contribution < -0.4 is 5.32 Å². The lowest BCUT2D eigenvalue weighted by Gasteiger charge is -2.18. The molecule has 1 aliphatic carbocycles. The van der Waals surface area contributed by atoms with E-state index in [1.165, 1.54) is 31.4 Å². The number of nitrogens with one attached hydrogen (secondary N) is 2. The Bertz CT molecular complexity index is 273. The van der Waals surface area contributed by atoms with Crippen molar-refractivity contribution >= 4 is 11.8 Å². The molecule has 1 fully saturated rings. The van der Waals surface area contributed by atoms with Gasteiger partial charge in [0.05, 0.1) is 0 Å². The van der Waals surface area contributed by atoms with Crippen molar-refractivity contribution in [2.45, 2.75) is 36.9 Å². The van der Waals surface area contributed by atoms with Gasteiger partial charge in [0.15, 0.2) is 5.16 Å². The maximum absolute atomic E-state index is 4.21. The molecule has 2 rings (SSSR count). The first-order valence-corrected chi connectivity index (χ1v) is 6.68. The van der Waals surface area contributed by atoms with Crippen molar-refractivity contribution in [3.63, 3.8) is 0 Å². The molecular weight excluding hydrogens is 206 g/mol. The van der Waals surface area contributed by atoms with Crippen LogP contribution in [0.4, 0.5) is 0 Å². The number of H-pyrrole nitrogens is 1. The van der Waals surface area contributed by atoms with E-state index in [0.29, 0.717) is 0 Å². The van der Waals surface area contributed by atoms with E-state index >= 15 is 0 Å². The fourth-order valence-corrected chi connectivity index (χ4v) is 3.30. The van der Waals surface area contributed by atoms with Gasteiger partial charge < -0.3 is 10.3 Å². The van der Waals surface area contributed by atoms with Crippen LogP contribution in [0, 0.1) is 5.92 Å². The number of nitrogens with zero attached hydrogens (tertiary/aromatic N) is 1. The fraction of sp³-hybridized carbons (Fsp3) is 0.727. The van der Waals surface area contributed by atoms with Crippen LogP contribution in [-0.4, -0.2) is 28.8 Å². The van der Waals surface area contributed by atoms with Gasteiger partial charge in [-0.15, -0.1) is 0 Å². The number of aromatic nitrogens is 2. The Morgan fingerprint density at radius 1 is 1.60 bits per heavy atom. The summed E-state index contributed by atoms with van der Waals surface area (Å²) in [7, 11) is 2.09. The predicted octanol–water partition coefficient (Wildman–Crippen LogP) is 2.28. The first-order chi connectivity index (χ1) is 7.40. The number of imidazole rings is 1. The van der Waals surface area contributed by atoms with Crippen LogP contribution in [0.5, 0.6) is 0 Å². The van der Waals surface area contributed by atoms with Crippen molar-refractivity contribution in [2.75, 3.05) is 12.8 Å². The molecule has 84 valence electrons. The van der Waals surface area contributed by atoms with Crippen molar-refractivity contribution in [1.82, 2.24) is 15.3 Å². The molecule has 0 aromatic carbocycles. The Hall–Kier alpha value is -0.480. The normalized spacial score (nSPS) is 25.9. The SMILES string of the molecule is CNC1CCCC1CCSc1ncc[nH]1. The van der Waals surface area contributed by atoms with Gasteiger partial charge in [-0.3, -0.25) is 0 Å². The summed E-state index contributed by atoms with van der Waals surface area (Å²) < 4.78 is 0. The monoisotopic (exact) mass is 225 g/mol. The average molecular weight is 225 g/mol. The van der Waals surface area contributed by atoms with Gasteiger partial charge in [0.25, 0.3) is 0 Å². The van der Waals surface area contributed by atoms with Gasteiger partial charge in [-0.2, -0.15) is 0 Å². The van der Waals surface area contributed by atoms with Crippen LogP contribution in [0.3, 0.4) is 0 Å². The quantitative estimate of drug-likeness (QED) is 0.755. The summed E-state index contributed by atoms with van der Waals surface area (Å²) >= 11 is 1.83. The van der Waals surface area contributed by atoms with Crippen LogP contribution >= 0.6 is 11.8 Å². The molecule has 1 saturated carbocycles. The second-order valence-corrected chi connectivity index (χ2v) is 5.20. The first-order valence-electron chi connectivity index (χ1n) is 5.69. The lowest BCUT2D eigenvalue weighted by Crippen LogP contribution is -2.29. The minimum atomic E-state index is 0.752. The molecule has 2 N–H and O–H groups in total. The van der Waals surface area contributed by atoms with Gasteiger partial charge in [0, 0.05) is 24.2 Å². The molecule has 1 heterocycles. The zero-order valence-corrected chi connectivity index (χ0v) is 10.0. The van der Waals surface area contributed by atoms with E-state index in [2.05, 4.69) is 22.3 Å². The van der Waals surface area contributed by atoms with Crippen molar-refractivity contribution in [1.29, 1.82) is 0 Å². The zero-order valence-electron chi connectivity index (χ0n) is 9.20. The summed E-state index contributed by atoms with van der Waals surface area (Å²) in [5.74, 6) is 2.05. The molecule has 2 unspecified atom stereocenters. The van der Waals surface area contributed by atoms with Crippen molar-refractivity contribution in [3.05, 3.63) is 12.4 Å². The smallest absolute Gasteiger partial charge is 0.165 e. The van der Waals surface area contributed by atoms with Gasteiger partial charge in [0.1, 0.15) is 0 Å². The number of thioether (sulfide) groups is 1. The highest BCUT2D eigenvalue weighted by atomic mass is 32.2. The molecule has 0 saturated heterocycles. The third kappa shape index (κ3) is 2.98. The second-order valence-electron chi connectivity index (χ2n) is 4.12. The molecule has 4 heteroatoms. The Morgan fingerprint density at radius 3 is 3.27 bits per heavy atom. The molecule has 0 amide bonds. The zero-order chi connectivity index (χ0) is 10.5. The van der Waals surface area contributed by atoms with E-state index in [1.54, 1.807) is 0 Å². The lowest BCUT2D eigenvalue weighted by molar-refractivity contribution is 0.417. The third-order valence-electron chi connectivity index (χ3n) is 3.23. The Labute approximate surface area is 95.4 Å². The molecular formula is C11H19N3S. The molecule has 1 aromatic rings. The van der Waals surface area contributed by atoms with Gasteiger partial charge in [-0.25, -0.2) is 4.98 Å². The minimum absolute atomic E-state index is 0.752. The predicted molar refractivity (Wildman–Crippen MR) is 64.1 cm³/mol. The molecule has 0 radical (unpaired) electrons. The molecule has 0 bridgehead atoms. The Morgan fingerprint density at radius 2 is 2.53 bits per heavy atom. The largest absolute Gasteiger partial charge is 0.340 e. The van der Waals surface area contributed by atoms with Crippen molar-refractivity contribution < 1.29 is 0 Å². The molecule has 1 aromatic heterocycles. The first kappa shape index (κ1) is 11.0. The van der Waals surface area contributed by atoms with Crippen molar-refractivity contribution in [3.8, 4) is 0 Å². The summed E-state index contributed by atoms with van der Waals surface area (Å²) in [5, 5.41) is 4.47. The molecule has 2 atom stereocenters. The highest BCUT2D eigenvalue weighted by molar-refractivity contribution is 7.99. The van der Waals surface area contributed by atoms with E-state index in [1.807, 2.05) is 24.2 Å². The number of rotatable bonds is 5. The third-order valence-corrected chi connectivity index (χ3v) is 4.17. The van der Waals surface area contributed by atoms with E-state index in [0.717, 1.165) is 17.1 Å². The van der Waals surface area contributed by atoms with E-state index < -0.39 is 0 Å². The van der Waals surface area contributed by atoms with Crippen LogP contribution in [0.25, 0.3) is 0 Å². The van der Waals surface area contributed by atoms with E-state index in [4.69, 9.17) is 0 Å². The van der Waals surface area contributed by atoms with Crippen LogP contribution in [0.1, 0.15) is 25.7 Å². The van der Waals surface area contributed by atoms with Gasteiger partial charge in [-0.1, -0.05) is 18.2 Å². The summed E-state index contributed by atoms with van der Waals surface area (Å²) in [6.45, 7) is 0. The Kier molecular flexibility index (Phi) is 4.09. The standard InChI is InChI=1S/C11H19N3S/c1-12-10-4-2-3-9(10)5-8-15-11-13-6-7-14-11/h6-7,9-10,12H,2-5,8H2,1H3,(H,13,14). The fourth-order valence-electron chi connectivity index (χ4n) is 2.40. The van der Waals surface area contributed by atoms with E-state index in [-0.39, 0.29) is 0 Å². The number of hydrogen-bond donors (Lipinski definition) is 2. The van der Waals surface area contributed by atoms with Gasteiger partial charge in [0.2, 0.25) is 0 Å². The maximum atomic E-state index is 4.21. The summed E-state index contributed by atoms with van der Waals surface area (Å²) in [6.07, 6.45) is 9.14. The lowest BCUT2D eigenvalue weighted by atomic mass is 10.0. The van der Waals surface area contributed by atoms with Crippen LogP contribution in [-0.2, 0) is 0 Å². The highest BCUT2D eigenvalue weighted by Gasteiger charge is 2.25. The molecule has 3 nitrogen and oxygen atoms in total. The Balaban J connectivity index is 1.69. The molecule has 0 aliphatic heterocycles. The maximum Gasteiger partial charge on any atom is 0.165 e. The van der Waals surface area contributed by atoms with Gasteiger partial charge >= 0.3 is 0 Å². The summed E-state index contributed by atoms with van der Waals surface area (Å²) in [4.78, 5) is 7.34. The van der Waals surface area contributed by atoms with Crippen molar-refractivity contribution in [2.24, 2.45) is 5.92 Å². The molecule has 0 spiro atoms. The second kappa shape index (κ2) is 5.56. The topological polar surface area (TPSA) is 40.7 Å². The highest BCUT2D eigenvalue weighted by Crippen LogP contribution is 2.30.